The van der Waals surface area contributed by atoms with Crippen molar-refractivity contribution in [2.45, 2.75) is 25.6 Å². The first-order valence-electron chi connectivity index (χ1n) is 7.86. The van der Waals surface area contributed by atoms with Gasteiger partial charge < -0.3 is 0 Å². The Bertz CT molecular complexity index is 719. The van der Waals surface area contributed by atoms with Crippen molar-refractivity contribution < 1.29 is 4.79 Å². The first-order valence-corrected chi connectivity index (χ1v) is 8.65. The molecule has 0 bridgehead atoms. The van der Waals surface area contributed by atoms with Crippen molar-refractivity contribution in [1.29, 1.82) is 0 Å². The number of benzene rings is 2. The Morgan fingerprint density at radius 1 is 1.04 bits per heavy atom. The van der Waals surface area contributed by atoms with E-state index >= 15 is 0 Å². The highest BCUT2D eigenvalue weighted by Crippen LogP contribution is 2.42. The van der Waals surface area contributed by atoms with E-state index in [4.69, 9.17) is 0 Å². The molecule has 2 heterocycles. The maximum atomic E-state index is 13.0. The van der Waals surface area contributed by atoms with Gasteiger partial charge >= 0.3 is 6.03 Å². The van der Waals surface area contributed by atoms with Gasteiger partial charge in [-0.3, -0.25) is 9.91 Å². The minimum atomic E-state index is -0.0806. The van der Waals surface area contributed by atoms with Crippen molar-refractivity contribution in [3.63, 3.8) is 0 Å². The maximum absolute atomic E-state index is 13.0. The topological polar surface area (TPSA) is 26.8 Å². The number of hydrogen-bond donors (Lipinski definition) is 0. The third kappa shape index (κ3) is 2.35. The molecule has 0 radical (unpaired) electrons. The molecule has 0 saturated carbocycles. The van der Waals surface area contributed by atoms with Crippen molar-refractivity contribution in [1.82, 2.24) is 10.0 Å². The predicted molar refractivity (Wildman–Crippen MR) is 93.8 cm³/mol. The van der Waals surface area contributed by atoms with Gasteiger partial charge in [0.15, 0.2) is 0 Å². The van der Waals surface area contributed by atoms with Gasteiger partial charge in [0.2, 0.25) is 0 Å². The standard InChI is InChI=1S/C18H18BrN3O/c1-13-11-12-20-17(14-7-9-15(19)10-8-14)21(18(23)22(13)20)16-5-3-2-4-6-16/h2-10,13,17H,11-12H2,1H3/t13-,17-/m0/s1. The third-order valence-electron chi connectivity index (χ3n) is 4.60. The highest BCUT2D eigenvalue weighted by Gasteiger charge is 2.50. The summed E-state index contributed by atoms with van der Waals surface area (Å²) in [6.07, 6.45) is 0.935. The molecule has 2 aliphatic heterocycles. The van der Waals surface area contributed by atoms with E-state index in [-0.39, 0.29) is 18.2 Å². The van der Waals surface area contributed by atoms with Crippen LogP contribution >= 0.6 is 15.9 Å². The summed E-state index contributed by atoms with van der Waals surface area (Å²) in [5.41, 5.74) is 2.06. The van der Waals surface area contributed by atoms with Crippen LogP contribution in [0.25, 0.3) is 0 Å². The normalized spacial score (nSPS) is 24.3. The zero-order valence-electron chi connectivity index (χ0n) is 12.9. The Morgan fingerprint density at radius 3 is 2.43 bits per heavy atom. The fourth-order valence-corrected chi connectivity index (χ4v) is 3.75. The van der Waals surface area contributed by atoms with E-state index in [9.17, 15) is 4.79 Å². The van der Waals surface area contributed by atoms with E-state index in [1.807, 2.05) is 52.4 Å². The molecule has 0 N–H and O–H groups in total. The van der Waals surface area contributed by atoms with Crippen molar-refractivity contribution in [3.8, 4) is 0 Å². The van der Waals surface area contributed by atoms with Crippen molar-refractivity contribution in [2.24, 2.45) is 0 Å². The molecule has 2 saturated heterocycles. The number of carbonyl (C=O) groups is 1. The van der Waals surface area contributed by atoms with Gasteiger partial charge in [-0.25, -0.2) is 4.79 Å². The largest absolute Gasteiger partial charge is 0.341 e. The second-order valence-corrected chi connectivity index (χ2v) is 6.97. The van der Waals surface area contributed by atoms with Gasteiger partial charge in [-0.1, -0.05) is 46.3 Å². The summed E-state index contributed by atoms with van der Waals surface area (Å²) in [5, 5.41) is 4.11. The highest BCUT2D eigenvalue weighted by molar-refractivity contribution is 9.10. The Labute approximate surface area is 144 Å². The van der Waals surface area contributed by atoms with Crippen LogP contribution in [-0.2, 0) is 0 Å². The van der Waals surface area contributed by atoms with Gasteiger partial charge in [-0.2, -0.15) is 5.01 Å². The number of hydrogen-bond acceptors (Lipinski definition) is 2. The number of fused-ring (bicyclic) bond motifs is 1. The molecule has 5 heteroatoms. The Hall–Kier alpha value is -1.85. The van der Waals surface area contributed by atoms with E-state index < -0.39 is 0 Å². The quantitative estimate of drug-likeness (QED) is 0.781. The molecule has 0 aliphatic carbocycles. The molecule has 0 spiro atoms. The molecule has 118 valence electrons. The zero-order chi connectivity index (χ0) is 16.0. The third-order valence-corrected chi connectivity index (χ3v) is 5.13. The molecular weight excluding hydrogens is 354 g/mol. The smallest absolute Gasteiger partial charge is 0.271 e. The summed E-state index contributed by atoms with van der Waals surface area (Å²) in [6, 6.07) is 18.5. The minimum absolute atomic E-state index is 0.0640. The average molecular weight is 372 g/mol. The number of amides is 2. The number of para-hydroxylation sites is 1. The molecule has 23 heavy (non-hydrogen) atoms. The molecule has 2 amide bonds. The summed E-state index contributed by atoms with van der Waals surface area (Å²) in [4.78, 5) is 15.0. The Morgan fingerprint density at radius 2 is 1.74 bits per heavy atom. The fraction of sp³-hybridized carbons (Fsp3) is 0.278. The summed E-state index contributed by atoms with van der Waals surface area (Å²) < 4.78 is 1.04. The van der Waals surface area contributed by atoms with Crippen LogP contribution in [0.5, 0.6) is 0 Å². The Balaban J connectivity index is 1.81. The van der Waals surface area contributed by atoms with Gasteiger partial charge in [0.05, 0.1) is 0 Å². The second kappa shape index (κ2) is 5.65. The molecule has 2 aromatic carbocycles. The highest BCUT2D eigenvalue weighted by atomic mass is 79.9. The number of rotatable bonds is 2. The van der Waals surface area contributed by atoms with Gasteiger partial charge in [-0.15, -0.1) is 0 Å². The molecular formula is C18H18BrN3O. The molecule has 0 unspecified atom stereocenters. The van der Waals surface area contributed by atoms with Crippen LogP contribution in [0, 0.1) is 0 Å². The van der Waals surface area contributed by atoms with Crippen LogP contribution in [0.2, 0.25) is 0 Å². The number of nitrogens with zero attached hydrogens (tertiary/aromatic N) is 3. The van der Waals surface area contributed by atoms with Crippen LogP contribution in [0.3, 0.4) is 0 Å². The molecule has 2 aromatic rings. The van der Waals surface area contributed by atoms with Crippen LogP contribution in [-0.4, -0.2) is 28.6 Å². The molecule has 2 fully saturated rings. The molecule has 2 aliphatic rings. The summed E-state index contributed by atoms with van der Waals surface area (Å²) in [6.45, 7) is 3.02. The lowest BCUT2D eigenvalue weighted by molar-refractivity contribution is 0.0519. The lowest BCUT2D eigenvalue weighted by Crippen LogP contribution is -2.37. The van der Waals surface area contributed by atoms with E-state index in [0.717, 1.165) is 28.7 Å². The number of anilines is 1. The van der Waals surface area contributed by atoms with Crippen LogP contribution < -0.4 is 4.90 Å². The summed E-state index contributed by atoms with van der Waals surface area (Å²) in [5.74, 6) is 0. The van der Waals surface area contributed by atoms with Crippen LogP contribution in [0.4, 0.5) is 10.5 Å². The molecule has 0 aromatic heterocycles. The van der Waals surface area contributed by atoms with Gasteiger partial charge in [0, 0.05) is 22.7 Å². The lowest BCUT2D eigenvalue weighted by atomic mass is 10.1. The van der Waals surface area contributed by atoms with Crippen molar-refractivity contribution in [2.75, 3.05) is 11.4 Å². The van der Waals surface area contributed by atoms with Crippen molar-refractivity contribution in [3.05, 3.63) is 64.6 Å². The number of urea groups is 1. The first kappa shape index (κ1) is 14.7. The van der Waals surface area contributed by atoms with Crippen LogP contribution in [0.15, 0.2) is 59.1 Å². The van der Waals surface area contributed by atoms with Crippen molar-refractivity contribution >= 4 is 27.6 Å². The van der Waals surface area contributed by atoms with Gasteiger partial charge in [0.1, 0.15) is 6.17 Å². The number of carbonyl (C=O) groups excluding carboxylic acids is 1. The fourth-order valence-electron chi connectivity index (χ4n) is 3.49. The second-order valence-electron chi connectivity index (χ2n) is 6.06. The summed E-state index contributed by atoms with van der Waals surface area (Å²) >= 11 is 3.49. The number of halogens is 1. The average Bonchev–Trinajstić information content (AvgIpc) is 3.08. The Kier molecular flexibility index (Phi) is 3.62. The van der Waals surface area contributed by atoms with Gasteiger partial charge in [0.25, 0.3) is 0 Å². The van der Waals surface area contributed by atoms with E-state index in [0.29, 0.717) is 0 Å². The maximum Gasteiger partial charge on any atom is 0.341 e. The van der Waals surface area contributed by atoms with E-state index in [1.54, 1.807) is 0 Å². The monoisotopic (exact) mass is 371 g/mol. The van der Waals surface area contributed by atoms with E-state index in [1.165, 1.54) is 0 Å². The van der Waals surface area contributed by atoms with Gasteiger partial charge in [-0.05, 0) is 43.2 Å². The predicted octanol–water partition coefficient (Wildman–Crippen LogP) is 4.40. The summed E-state index contributed by atoms with van der Waals surface area (Å²) in [7, 11) is 0. The number of hydrazine groups is 1. The molecule has 4 rings (SSSR count). The lowest BCUT2D eigenvalue weighted by Gasteiger charge is -2.28. The zero-order valence-corrected chi connectivity index (χ0v) is 14.5. The first-order chi connectivity index (χ1) is 11.2. The molecule has 2 atom stereocenters. The molecule has 4 nitrogen and oxygen atoms in total. The van der Waals surface area contributed by atoms with Crippen LogP contribution in [0.1, 0.15) is 25.1 Å². The minimum Gasteiger partial charge on any atom is -0.271 e. The van der Waals surface area contributed by atoms with E-state index in [2.05, 4.69) is 40.0 Å². The SMILES string of the molecule is C[C@H]1CCN2[C@H](c3ccc(Br)cc3)N(c3ccccc3)C(=O)N12.